The van der Waals surface area contributed by atoms with Crippen molar-refractivity contribution in [3.63, 3.8) is 0 Å². The van der Waals surface area contributed by atoms with E-state index in [4.69, 9.17) is 0 Å². The summed E-state index contributed by atoms with van der Waals surface area (Å²) >= 11 is 0. The molecule has 11 heavy (non-hydrogen) atoms. The highest BCUT2D eigenvalue weighted by molar-refractivity contribution is 7.37. The molecule has 0 aromatic rings. The maximum Gasteiger partial charge on any atom is 0.0763 e. The minimum atomic E-state index is 0.271. The van der Waals surface area contributed by atoms with Crippen LogP contribution in [0.15, 0.2) is 4.99 Å². The van der Waals surface area contributed by atoms with Crippen molar-refractivity contribution in [2.45, 2.75) is 39.1 Å². The molecule has 0 fully saturated rings. The third kappa shape index (κ3) is 4.88. The molecule has 0 bridgehead atoms. The molecule has 1 nitrogen and oxygen atoms in total. The fourth-order valence-electron chi connectivity index (χ4n) is 0.699. The minimum absolute atomic E-state index is 0.271. The van der Waals surface area contributed by atoms with Crippen molar-refractivity contribution in [1.82, 2.24) is 0 Å². The van der Waals surface area contributed by atoms with Crippen LogP contribution < -0.4 is 0 Å². The molecule has 0 aromatic heterocycles. The van der Waals surface area contributed by atoms with Crippen molar-refractivity contribution >= 4 is 24.7 Å². The first-order chi connectivity index (χ1) is 5.04. The van der Waals surface area contributed by atoms with E-state index in [1.54, 1.807) is 0 Å². The molecule has 0 heterocycles. The Morgan fingerprint density at radius 1 is 1.36 bits per heavy atom. The van der Waals surface area contributed by atoms with Gasteiger partial charge in [-0.1, -0.05) is 20.8 Å². The summed E-state index contributed by atoms with van der Waals surface area (Å²) < 4.78 is 0. The smallest absolute Gasteiger partial charge is 0.0763 e. The molecule has 0 aromatic carbocycles. The summed E-state index contributed by atoms with van der Waals surface area (Å²) in [5, 5.41) is 0. The second-order valence-corrected chi connectivity index (χ2v) is 5.27. The molecule has 0 aliphatic carbocycles. The van der Waals surface area contributed by atoms with E-state index >= 15 is 0 Å². The second kappa shape index (κ2) is 5.22. The third-order valence-corrected chi connectivity index (χ3v) is 2.52. The number of rotatable bonds is 4. The number of aliphatic imine (C=N–C) groups is 1. The molecule has 3 heteroatoms. The SMILES string of the molecule is CCC(C)(/C=N/C(P)P)CC. The van der Waals surface area contributed by atoms with Crippen molar-refractivity contribution in [2.75, 3.05) is 0 Å². The molecule has 66 valence electrons. The monoisotopic (exact) mass is 191 g/mol. The summed E-state index contributed by atoms with van der Waals surface area (Å²) in [7, 11) is 5.29. The van der Waals surface area contributed by atoms with E-state index in [9.17, 15) is 0 Å². The van der Waals surface area contributed by atoms with Crippen LogP contribution in [0.4, 0.5) is 0 Å². The summed E-state index contributed by atoms with van der Waals surface area (Å²) in [5.74, 6) is 0. The lowest BCUT2D eigenvalue weighted by molar-refractivity contribution is 0.443. The molecule has 2 unspecified atom stereocenters. The first-order valence-corrected chi connectivity index (χ1v) is 5.43. The topological polar surface area (TPSA) is 12.4 Å². The van der Waals surface area contributed by atoms with E-state index < -0.39 is 0 Å². The van der Waals surface area contributed by atoms with Crippen LogP contribution in [0.25, 0.3) is 0 Å². The van der Waals surface area contributed by atoms with Gasteiger partial charge in [0.1, 0.15) is 0 Å². The van der Waals surface area contributed by atoms with Crippen LogP contribution in [0.2, 0.25) is 0 Å². The van der Waals surface area contributed by atoms with Gasteiger partial charge >= 0.3 is 0 Å². The molecular formula is C8H19NP2. The van der Waals surface area contributed by atoms with Crippen LogP contribution in [0.1, 0.15) is 33.6 Å². The van der Waals surface area contributed by atoms with E-state index in [2.05, 4.69) is 50.5 Å². The highest BCUT2D eigenvalue weighted by Crippen LogP contribution is 2.23. The van der Waals surface area contributed by atoms with Gasteiger partial charge in [0.2, 0.25) is 0 Å². The number of nitrogens with zero attached hydrogens (tertiary/aromatic N) is 1. The predicted molar refractivity (Wildman–Crippen MR) is 60.4 cm³/mol. The van der Waals surface area contributed by atoms with Crippen molar-refractivity contribution < 1.29 is 0 Å². The first kappa shape index (κ1) is 11.5. The number of hydrogen-bond acceptors (Lipinski definition) is 1. The Kier molecular flexibility index (Phi) is 5.48. The molecule has 0 spiro atoms. The first-order valence-electron chi connectivity index (χ1n) is 4.09. The summed E-state index contributed by atoms with van der Waals surface area (Å²) in [6, 6.07) is 0. The van der Waals surface area contributed by atoms with E-state index in [1.165, 1.54) is 0 Å². The fourth-order valence-corrected chi connectivity index (χ4v) is 0.871. The molecule has 0 amide bonds. The van der Waals surface area contributed by atoms with Gasteiger partial charge in [-0.05, 0) is 12.8 Å². The average molecular weight is 191 g/mol. The quantitative estimate of drug-likeness (QED) is 0.478. The van der Waals surface area contributed by atoms with Crippen molar-refractivity contribution in [1.29, 1.82) is 0 Å². The fraction of sp³-hybridized carbons (Fsp3) is 0.875. The molecule has 0 rings (SSSR count). The van der Waals surface area contributed by atoms with Crippen LogP contribution in [0.3, 0.4) is 0 Å². The van der Waals surface area contributed by atoms with Gasteiger partial charge < -0.3 is 0 Å². The highest BCUT2D eigenvalue weighted by Gasteiger charge is 2.15. The maximum absolute atomic E-state index is 4.34. The molecule has 0 saturated heterocycles. The van der Waals surface area contributed by atoms with Gasteiger partial charge in [-0.3, -0.25) is 4.99 Å². The Labute approximate surface area is 74.8 Å². The van der Waals surface area contributed by atoms with E-state index in [1.807, 2.05) is 0 Å². The van der Waals surface area contributed by atoms with E-state index in [-0.39, 0.29) is 5.52 Å². The lowest BCUT2D eigenvalue weighted by Crippen LogP contribution is -2.15. The summed E-state index contributed by atoms with van der Waals surface area (Å²) in [5.41, 5.74) is 0.568. The van der Waals surface area contributed by atoms with Crippen molar-refractivity contribution in [2.24, 2.45) is 10.4 Å². The van der Waals surface area contributed by atoms with Gasteiger partial charge in [0.25, 0.3) is 0 Å². The average Bonchev–Trinajstić information content (AvgIpc) is 2.00. The normalized spacial score (nSPS) is 13.3. The molecule has 0 aliphatic heterocycles. The highest BCUT2D eigenvalue weighted by atomic mass is 31.1. The molecule has 0 N–H and O–H groups in total. The van der Waals surface area contributed by atoms with Crippen LogP contribution in [0.5, 0.6) is 0 Å². The van der Waals surface area contributed by atoms with Gasteiger partial charge in [-0.2, -0.15) is 0 Å². The molecular weight excluding hydrogens is 172 g/mol. The van der Waals surface area contributed by atoms with Gasteiger partial charge in [0.05, 0.1) is 5.52 Å². The Hall–Kier alpha value is 0.530. The van der Waals surface area contributed by atoms with Gasteiger partial charge in [0.15, 0.2) is 0 Å². The predicted octanol–water partition coefficient (Wildman–Crippen LogP) is 2.92. The van der Waals surface area contributed by atoms with Crippen LogP contribution in [0, 0.1) is 5.41 Å². The van der Waals surface area contributed by atoms with Crippen molar-refractivity contribution in [3.05, 3.63) is 0 Å². The zero-order chi connectivity index (χ0) is 8.91. The van der Waals surface area contributed by atoms with Crippen LogP contribution >= 0.6 is 18.5 Å². The van der Waals surface area contributed by atoms with Crippen molar-refractivity contribution in [3.8, 4) is 0 Å². The Morgan fingerprint density at radius 3 is 2.09 bits per heavy atom. The third-order valence-electron chi connectivity index (χ3n) is 2.17. The minimum Gasteiger partial charge on any atom is -0.286 e. The maximum atomic E-state index is 4.34. The largest absolute Gasteiger partial charge is 0.286 e. The van der Waals surface area contributed by atoms with Gasteiger partial charge in [-0.15, -0.1) is 18.5 Å². The van der Waals surface area contributed by atoms with E-state index in [0.29, 0.717) is 5.41 Å². The summed E-state index contributed by atoms with van der Waals surface area (Å²) in [6.07, 6.45) is 4.40. The summed E-state index contributed by atoms with van der Waals surface area (Å²) in [6.45, 7) is 6.65. The Balaban J connectivity index is 4.06. The zero-order valence-corrected chi connectivity index (χ0v) is 9.98. The number of hydrogen-bond donors (Lipinski definition) is 0. The van der Waals surface area contributed by atoms with E-state index in [0.717, 1.165) is 12.8 Å². The molecule has 2 atom stereocenters. The van der Waals surface area contributed by atoms with Gasteiger partial charge in [-0.25, -0.2) is 0 Å². The molecule has 0 aliphatic rings. The zero-order valence-electron chi connectivity index (χ0n) is 7.67. The van der Waals surface area contributed by atoms with Crippen LogP contribution in [-0.4, -0.2) is 11.7 Å². The van der Waals surface area contributed by atoms with Crippen LogP contribution in [-0.2, 0) is 0 Å². The molecule has 0 radical (unpaired) electrons. The lowest BCUT2D eigenvalue weighted by atomic mass is 9.86. The second-order valence-electron chi connectivity index (χ2n) is 3.13. The standard InChI is InChI=1S/C8H19NP2/c1-4-8(3,5-2)6-9-7(10)11/h6-7H,4-5,10-11H2,1-3H3/b9-6+. The molecule has 0 saturated carbocycles. The Bertz CT molecular complexity index is 128. The van der Waals surface area contributed by atoms with Gasteiger partial charge in [0, 0.05) is 11.6 Å². The Morgan fingerprint density at radius 2 is 1.82 bits per heavy atom. The lowest BCUT2D eigenvalue weighted by Gasteiger charge is -2.20. The summed E-state index contributed by atoms with van der Waals surface area (Å²) in [4.78, 5) is 4.34.